The molecule has 0 unspecified atom stereocenters. The molecular weight excluding hydrogens is 228 g/mol. The molecular formula is C10H18N2OS2. The van der Waals surface area contributed by atoms with Crippen LogP contribution in [-0.4, -0.2) is 31.9 Å². The minimum absolute atomic E-state index is 0.427. The molecule has 1 heterocycles. The zero-order valence-corrected chi connectivity index (χ0v) is 11.4. The molecule has 1 saturated heterocycles. The van der Waals surface area contributed by atoms with Crippen molar-refractivity contribution in [1.82, 2.24) is 10.4 Å². The lowest BCUT2D eigenvalue weighted by Crippen LogP contribution is -2.48. The third-order valence-corrected chi connectivity index (χ3v) is 3.76. The molecule has 0 aromatic heterocycles. The normalized spacial score (nSPS) is 26.7. The largest absolute Gasteiger partial charge is 0.368 e. The van der Waals surface area contributed by atoms with Gasteiger partial charge in [-0.2, -0.15) is 5.06 Å². The van der Waals surface area contributed by atoms with Crippen molar-refractivity contribution in [3.8, 4) is 0 Å². The molecule has 0 radical (unpaired) electrons. The van der Waals surface area contributed by atoms with Crippen LogP contribution in [0.15, 0.2) is 11.8 Å². The summed E-state index contributed by atoms with van der Waals surface area (Å²) in [6, 6.07) is 0. The van der Waals surface area contributed by atoms with Gasteiger partial charge in [-0.3, -0.25) is 0 Å². The van der Waals surface area contributed by atoms with Crippen LogP contribution in [-0.2, 0) is 0 Å². The van der Waals surface area contributed by atoms with E-state index in [0.29, 0.717) is 0 Å². The lowest BCUT2D eigenvalue weighted by atomic mass is 10.0. The molecule has 15 heavy (non-hydrogen) atoms. The first-order valence-electron chi connectivity index (χ1n) is 4.79. The molecule has 1 rings (SSSR count). The van der Waals surface area contributed by atoms with Crippen LogP contribution in [0.1, 0.15) is 27.7 Å². The third-order valence-electron chi connectivity index (χ3n) is 2.62. The van der Waals surface area contributed by atoms with E-state index in [0.717, 1.165) is 9.89 Å². The fraction of sp³-hybridized carbons (Fsp3) is 0.700. The highest BCUT2D eigenvalue weighted by Gasteiger charge is 2.47. The molecule has 1 aliphatic heterocycles. The Morgan fingerprint density at radius 1 is 1.47 bits per heavy atom. The molecule has 0 atom stereocenters. The summed E-state index contributed by atoms with van der Waals surface area (Å²) in [5.41, 5.74) is 0.0708. The molecule has 86 valence electrons. The van der Waals surface area contributed by atoms with E-state index >= 15 is 0 Å². The maximum Gasteiger partial charge on any atom is 0.109 e. The molecule has 0 aliphatic carbocycles. The van der Waals surface area contributed by atoms with Crippen LogP contribution in [0.2, 0.25) is 0 Å². The van der Waals surface area contributed by atoms with E-state index in [1.807, 2.05) is 40.0 Å². The Balaban J connectivity index is 3.04. The lowest BCUT2D eigenvalue weighted by molar-refractivity contribution is -0.191. The first kappa shape index (κ1) is 13.0. The van der Waals surface area contributed by atoms with Crippen LogP contribution in [0.5, 0.6) is 0 Å². The zero-order chi connectivity index (χ0) is 11.9. The fourth-order valence-corrected chi connectivity index (χ4v) is 2.09. The van der Waals surface area contributed by atoms with Crippen molar-refractivity contribution >= 4 is 28.2 Å². The van der Waals surface area contributed by atoms with E-state index in [4.69, 9.17) is 12.2 Å². The summed E-state index contributed by atoms with van der Waals surface area (Å²) in [6.07, 6.45) is 3.86. The van der Waals surface area contributed by atoms with Crippen molar-refractivity contribution in [3.63, 3.8) is 0 Å². The van der Waals surface area contributed by atoms with Crippen LogP contribution < -0.4 is 5.32 Å². The summed E-state index contributed by atoms with van der Waals surface area (Å²) in [7, 11) is 0. The van der Waals surface area contributed by atoms with Crippen molar-refractivity contribution in [2.45, 2.75) is 38.9 Å². The van der Waals surface area contributed by atoms with Crippen molar-refractivity contribution in [2.75, 3.05) is 6.26 Å². The molecule has 0 bridgehead atoms. The Labute approximate surface area is 101 Å². The first-order chi connectivity index (χ1) is 6.71. The van der Waals surface area contributed by atoms with Crippen LogP contribution in [0.3, 0.4) is 0 Å². The van der Waals surface area contributed by atoms with Crippen molar-refractivity contribution in [2.24, 2.45) is 0 Å². The number of thiocarbonyl (C=S) groups is 1. The third kappa shape index (κ3) is 2.36. The molecule has 1 fully saturated rings. The SMILES string of the molecule is CSC(=S)/C=C1\NC(C)(C)N(O)C1(C)C. The van der Waals surface area contributed by atoms with E-state index in [-0.39, 0.29) is 0 Å². The van der Waals surface area contributed by atoms with Crippen LogP contribution >= 0.6 is 24.0 Å². The van der Waals surface area contributed by atoms with Gasteiger partial charge in [-0.1, -0.05) is 12.2 Å². The number of hydroxylamine groups is 2. The lowest BCUT2D eigenvalue weighted by Gasteiger charge is -2.32. The van der Waals surface area contributed by atoms with Crippen LogP contribution in [0.25, 0.3) is 0 Å². The fourth-order valence-electron chi connectivity index (χ4n) is 1.74. The average molecular weight is 246 g/mol. The van der Waals surface area contributed by atoms with Crippen molar-refractivity contribution < 1.29 is 5.21 Å². The second kappa shape index (κ2) is 4.05. The van der Waals surface area contributed by atoms with Gasteiger partial charge in [0.2, 0.25) is 0 Å². The predicted molar refractivity (Wildman–Crippen MR) is 69.1 cm³/mol. The monoisotopic (exact) mass is 246 g/mol. The van der Waals surface area contributed by atoms with Crippen molar-refractivity contribution in [3.05, 3.63) is 11.8 Å². The maximum atomic E-state index is 10.0. The van der Waals surface area contributed by atoms with Crippen LogP contribution in [0, 0.1) is 0 Å². The Morgan fingerprint density at radius 3 is 2.33 bits per heavy atom. The van der Waals surface area contributed by atoms with Gasteiger partial charge in [0.25, 0.3) is 0 Å². The van der Waals surface area contributed by atoms with E-state index in [1.165, 1.54) is 16.8 Å². The minimum atomic E-state index is -0.455. The van der Waals surface area contributed by atoms with Gasteiger partial charge in [-0.15, -0.1) is 11.8 Å². The second-order valence-corrected chi connectivity index (χ2v) is 6.18. The standard InChI is InChI=1S/C10H18N2OS2/c1-9(2)7(6-8(14)15-5)11-10(3,4)12(9)13/h6,11,13H,1-5H3/b7-6-. The number of nitrogens with one attached hydrogen (secondary N) is 1. The van der Waals surface area contributed by atoms with Gasteiger partial charge >= 0.3 is 0 Å². The highest BCUT2D eigenvalue weighted by atomic mass is 32.2. The number of nitrogens with zero attached hydrogens (tertiary/aromatic N) is 1. The number of hydrogen-bond acceptors (Lipinski definition) is 5. The van der Waals surface area contributed by atoms with E-state index in [9.17, 15) is 5.21 Å². The van der Waals surface area contributed by atoms with Gasteiger partial charge < -0.3 is 10.5 Å². The summed E-state index contributed by atoms with van der Waals surface area (Å²) >= 11 is 6.68. The first-order valence-corrected chi connectivity index (χ1v) is 6.42. The summed E-state index contributed by atoms with van der Waals surface area (Å²) in [5, 5.41) is 14.6. The molecule has 3 nitrogen and oxygen atoms in total. The number of hydrogen-bond donors (Lipinski definition) is 2. The van der Waals surface area contributed by atoms with E-state index in [1.54, 1.807) is 0 Å². The molecule has 0 spiro atoms. The molecule has 1 aliphatic rings. The maximum absolute atomic E-state index is 10.0. The topological polar surface area (TPSA) is 35.5 Å². The van der Waals surface area contributed by atoms with Crippen molar-refractivity contribution in [1.29, 1.82) is 0 Å². The predicted octanol–water partition coefficient (Wildman–Crippen LogP) is 2.37. The van der Waals surface area contributed by atoms with E-state index in [2.05, 4.69) is 5.32 Å². The smallest absolute Gasteiger partial charge is 0.109 e. The molecule has 2 N–H and O–H groups in total. The minimum Gasteiger partial charge on any atom is -0.368 e. The summed E-state index contributed by atoms with van der Waals surface area (Å²) in [4.78, 5) is 0. The summed E-state index contributed by atoms with van der Waals surface area (Å²) in [5.74, 6) is 0. The highest BCUT2D eigenvalue weighted by Crippen LogP contribution is 2.35. The average Bonchev–Trinajstić information content (AvgIpc) is 2.27. The molecule has 0 amide bonds. The quantitative estimate of drug-likeness (QED) is 0.548. The van der Waals surface area contributed by atoms with E-state index < -0.39 is 11.2 Å². The summed E-state index contributed by atoms with van der Waals surface area (Å²) < 4.78 is 0.816. The Bertz CT molecular complexity index is 311. The molecule has 0 saturated carbocycles. The van der Waals surface area contributed by atoms with Gasteiger partial charge in [-0.25, -0.2) is 0 Å². The molecule has 5 heteroatoms. The van der Waals surface area contributed by atoms with Gasteiger partial charge in [0.1, 0.15) is 5.66 Å². The summed E-state index contributed by atoms with van der Waals surface area (Å²) in [6.45, 7) is 7.78. The zero-order valence-electron chi connectivity index (χ0n) is 9.79. The number of thioether (sulfide) groups is 1. The molecule has 0 aromatic rings. The van der Waals surface area contributed by atoms with Gasteiger partial charge in [0.15, 0.2) is 0 Å². The highest BCUT2D eigenvalue weighted by molar-refractivity contribution is 8.23. The number of rotatable bonds is 1. The van der Waals surface area contributed by atoms with Gasteiger partial charge in [0, 0.05) is 5.70 Å². The van der Waals surface area contributed by atoms with Gasteiger partial charge in [-0.05, 0) is 40.0 Å². The Morgan fingerprint density at radius 2 is 2.00 bits per heavy atom. The Hall–Kier alpha value is -0.100. The van der Waals surface area contributed by atoms with Gasteiger partial charge in [0.05, 0.1) is 9.74 Å². The van der Waals surface area contributed by atoms with Crippen LogP contribution in [0.4, 0.5) is 0 Å². The molecule has 0 aromatic carbocycles. The Kier molecular flexibility index (Phi) is 3.50. The second-order valence-electron chi connectivity index (χ2n) is 4.64.